The molecule has 290 valence electrons. The molecule has 0 aliphatic carbocycles. The van der Waals surface area contributed by atoms with Crippen molar-refractivity contribution in [2.75, 3.05) is 13.1 Å². The molecule has 8 atom stereocenters. The van der Waals surface area contributed by atoms with Crippen LogP contribution in [0.3, 0.4) is 0 Å². The Hall–Kier alpha value is -4.32. The topological polar surface area (TPSA) is 298 Å². The van der Waals surface area contributed by atoms with Crippen LogP contribution in [-0.4, -0.2) is 113 Å². The summed E-state index contributed by atoms with van der Waals surface area (Å²) in [5, 5.41) is 22.4. The number of nitrogens with zero attached hydrogens (tertiary/aromatic N) is 1. The fourth-order valence-electron chi connectivity index (χ4n) is 5.47. The SMILES string of the molecule is CC[C@H](C)[C@H](NC(=O)[C@@H]1CCCN1C(=O)[C@@H](NC(=O)[C@H](C)N)C(C)C)C(=O)N[C@@H](C)C(=O)N[C@@H](CCC(N)=O)C(=O)N[C@@H](CCCCN)C(=O)O. The van der Waals surface area contributed by atoms with E-state index in [-0.39, 0.29) is 31.7 Å². The third-order valence-electron chi connectivity index (χ3n) is 8.90. The first kappa shape index (κ1) is 44.7. The second kappa shape index (κ2) is 21.8. The Morgan fingerprint density at radius 3 is 1.94 bits per heavy atom. The van der Waals surface area contributed by atoms with Crippen molar-refractivity contribution in [2.24, 2.45) is 29.0 Å². The van der Waals surface area contributed by atoms with Gasteiger partial charge in [0.25, 0.3) is 0 Å². The molecule has 12 N–H and O–H groups in total. The molecule has 0 aromatic carbocycles. The third kappa shape index (κ3) is 14.4. The average Bonchev–Trinajstić information content (AvgIpc) is 3.56. The molecule has 18 nitrogen and oxygen atoms in total. The van der Waals surface area contributed by atoms with Gasteiger partial charge in [0.2, 0.25) is 41.4 Å². The molecule has 0 aromatic heterocycles. The van der Waals surface area contributed by atoms with Gasteiger partial charge in [0.15, 0.2) is 0 Å². The van der Waals surface area contributed by atoms with E-state index in [0.29, 0.717) is 38.6 Å². The van der Waals surface area contributed by atoms with Crippen LogP contribution in [-0.2, 0) is 38.4 Å². The highest BCUT2D eigenvalue weighted by molar-refractivity contribution is 5.97. The lowest BCUT2D eigenvalue weighted by molar-refractivity contribution is -0.143. The Morgan fingerprint density at radius 2 is 1.41 bits per heavy atom. The van der Waals surface area contributed by atoms with Gasteiger partial charge in [0.05, 0.1) is 6.04 Å². The number of likely N-dealkylation sites (tertiary alicyclic amines) is 1. The maximum Gasteiger partial charge on any atom is 0.326 e. The van der Waals surface area contributed by atoms with Crippen molar-refractivity contribution in [3.05, 3.63) is 0 Å². The number of nitrogens with two attached hydrogens (primary N) is 3. The molecule has 0 saturated carbocycles. The quantitative estimate of drug-likeness (QED) is 0.0547. The van der Waals surface area contributed by atoms with E-state index in [1.54, 1.807) is 20.8 Å². The number of hydrogen-bond donors (Lipinski definition) is 9. The average molecular weight is 726 g/mol. The number of aliphatic carboxylic acids is 1. The van der Waals surface area contributed by atoms with Gasteiger partial charge < -0.3 is 53.8 Å². The Kier molecular flexibility index (Phi) is 19.1. The van der Waals surface area contributed by atoms with Gasteiger partial charge in [0, 0.05) is 13.0 Å². The van der Waals surface area contributed by atoms with Crippen molar-refractivity contribution in [1.29, 1.82) is 0 Å². The second-order valence-corrected chi connectivity index (χ2v) is 13.6. The van der Waals surface area contributed by atoms with Crippen molar-refractivity contribution < 1.29 is 43.5 Å². The number of carbonyl (C=O) groups is 8. The number of rotatable bonds is 22. The maximum atomic E-state index is 13.6. The van der Waals surface area contributed by atoms with E-state index in [1.165, 1.54) is 18.7 Å². The summed E-state index contributed by atoms with van der Waals surface area (Å²) >= 11 is 0. The molecule has 1 heterocycles. The molecular weight excluding hydrogens is 666 g/mol. The summed E-state index contributed by atoms with van der Waals surface area (Å²) in [6.45, 7) is 10.6. The van der Waals surface area contributed by atoms with E-state index in [9.17, 15) is 43.5 Å². The lowest BCUT2D eigenvalue weighted by Crippen LogP contribution is -2.60. The van der Waals surface area contributed by atoms with Crippen molar-refractivity contribution in [1.82, 2.24) is 31.5 Å². The van der Waals surface area contributed by atoms with Crippen LogP contribution in [0.5, 0.6) is 0 Å². The van der Waals surface area contributed by atoms with Gasteiger partial charge in [-0.2, -0.15) is 0 Å². The van der Waals surface area contributed by atoms with Gasteiger partial charge in [-0.05, 0) is 70.8 Å². The predicted octanol–water partition coefficient (Wildman–Crippen LogP) is -2.05. The Labute approximate surface area is 299 Å². The number of unbranched alkanes of at least 4 members (excludes halogenated alkanes) is 1. The van der Waals surface area contributed by atoms with Crippen LogP contribution >= 0.6 is 0 Å². The zero-order chi connectivity index (χ0) is 39.0. The molecular formula is C33H59N9O9. The number of hydrogen-bond acceptors (Lipinski definition) is 10. The van der Waals surface area contributed by atoms with Gasteiger partial charge in [-0.3, -0.25) is 33.6 Å². The van der Waals surface area contributed by atoms with Crippen molar-refractivity contribution >= 4 is 47.3 Å². The molecule has 51 heavy (non-hydrogen) atoms. The van der Waals surface area contributed by atoms with E-state index < -0.39 is 95.5 Å². The maximum absolute atomic E-state index is 13.6. The molecule has 18 heteroatoms. The number of carboxylic acids is 1. The van der Waals surface area contributed by atoms with Crippen molar-refractivity contribution in [3.8, 4) is 0 Å². The molecule has 1 saturated heterocycles. The summed E-state index contributed by atoms with van der Waals surface area (Å²) in [5.41, 5.74) is 16.4. The highest BCUT2D eigenvalue weighted by atomic mass is 16.4. The summed E-state index contributed by atoms with van der Waals surface area (Å²) in [4.78, 5) is 104. The van der Waals surface area contributed by atoms with E-state index in [2.05, 4.69) is 26.6 Å². The summed E-state index contributed by atoms with van der Waals surface area (Å²) in [7, 11) is 0. The molecule has 1 aliphatic rings. The predicted molar refractivity (Wildman–Crippen MR) is 187 cm³/mol. The number of primary amides is 1. The largest absolute Gasteiger partial charge is 0.480 e. The smallest absolute Gasteiger partial charge is 0.326 e. The number of amides is 7. The van der Waals surface area contributed by atoms with Gasteiger partial charge >= 0.3 is 5.97 Å². The highest BCUT2D eigenvalue weighted by Gasteiger charge is 2.40. The van der Waals surface area contributed by atoms with Crippen molar-refractivity contribution in [3.63, 3.8) is 0 Å². The standard InChI is InChI=1S/C33H59N9O9/c1-7-18(4)26(41-30(47)23-12-10-16-42(23)32(49)25(17(2)3)40-27(44)19(5)35)31(48)37-20(6)28(45)38-21(13-14-24(36)43)29(46)39-22(33(50)51)11-8-9-15-34/h17-23,25-26H,7-16,34-35H2,1-6H3,(H2,36,43)(H,37,48)(H,38,45)(H,39,46)(H,40,44)(H,41,47)(H,50,51)/t18-,19-,20-,21-,22-,23-,25-,26-/m0/s1. The van der Waals surface area contributed by atoms with E-state index in [0.717, 1.165) is 0 Å². The summed E-state index contributed by atoms with van der Waals surface area (Å²) < 4.78 is 0. The van der Waals surface area contributed by atoms with Gasteiger partial charge in [0.1, 0.15) is 36.3 Å². The normalized spacial score (nSPS) is 18.3. The first-order valence-corrected chi connectivity index (χ1v) is 17.6. The van der Waals surface area contributed by atoms with Gasteiger partial charge in [-0.15, -0.1) is 0 Å². The summed E-state index contributed by atoms with van der Waals surface area (Å²) in [6, 6.07) is -7.59. The Morgan fingerprint density at radius 1 is 0.784 bits per heavy atom. The molecule has 7 amide bonds. The minimum absolute atomic E-state index is 0.0964. The van der Waals surface area contributed by atoms with E-state index in [1.807, 2.05) is 6.92 Å². The number of carboxylic acid groups (broad SMARTS) is 1. The minimum atomic E-state index is -1.34. The van der Waals surface area contributed by atoms with Crippen LogP contribution in [0.25, 0.3) is 0 Å². The zero-order valence-electron chi connectivity index (χ0n) is 30.7. The molecule has 0 radical (unpaired) electrons. The number of nitrogens with one attached hydrogen (secondary N) is 5. The van der Waals surface area contributed by atoms with Crippen LogP contribution in [0.1, 0.15) is 92.9 Å². The molecule has 0 unspecified atom stereocenters. The van der Waals surface area contributed by atoms with Gasteiger partial charge in [-0.1, -0.05) is 34.1 Å². The Balaban J connectivity index is 3.07. The lowest BCUT2D eigenvalue weighted by Gasteiger charge is -2.32. The lowest BCUT2D eigenvalue weighted by atomic mass is 9.97. The Bertz CT molecular complexity index is 1250. The molecule has 0 spiro atoms. The monoisotopic (exact) mass is 725 g/mol. The minimum Gasteiger partial charge on any atom is -0.480 e. The molecule has 0 aromatic rings. The van der Waals surface area contributed by atoms with Crippen LogP contribution in [0.15, 0.2) is 0 Å². The van der Waals surface area contributed by atoms with E-state index in [4.69, 9.17) is 17.2 Å². The molecule has 1 rings (SSSR count). The van der Waals surface area contributed by atoms with Crippen LogP contribution in [0.2, 0.25) is 0 Å². The van der Waals surface area contributed by atoms with Crippen LogP contribution < -0.4 is 43.8 Å². The molecule has 1 aliphatic heterocycles. The van der Waals surface area contributed by atoms with Crippen LogP contribution in [0, 0.1) is 11.8 Å². The zero-order valence-corrected chi connectivity index (χ0v) is 30.7. The third-order valence-corrected chi connectivity index (χ3v) is 8.90. The summed E-state index contributed by atoms with van der Waals surface area (Å²) in [6.07, 6.45) is 1.89. The first-order chi connectivity index (χ1) is 23.9. The second-order valence-electron chi connectivity index (χ2n) is 13.6. The number of carbonyl (C=O) groups excluding carboxylic acids is 7. The van der Waals surface area contributed by atoms with E-state index >= 15 is 0 Å². The fourth-order valence-corrected chi connectivity index (χ4v) is 5.47. The first-order valence-electron chi connectivity index (χ1n) is 17.6. The molecule has 1 fully saturated rings. The summed E-state index contributed by atoms with van der Waals surface area (Å²) in [5.74, 6) is -6.57. The van der Waals surface area contributed by atoms with Gasteiger partial charge in [-0.25, -0.2) is 4.79 Å². The highest BCUT2D eigenvalue weighted by Crippen LogP contribution is 2.21. The molecule has 0 bridgehead atoms. The van der Waals surface area contributed by atoms with Crippen LogP contribution in [0.4, 0.5) is 0 Å². The van der Waals surface area contributed by atoms with Crippen molar-refractivity contribution in [2.45, 2.75) is 135 Å². The fraction of sp³-hybridized carbons (Fsp3) is 0.758.